The Labute approximate surface area is 116 Å². The molecule has 3 atom stereocenters. The van der Waals surface area contributed by atoms with Crippen molar-refractivity contribution >= 4 is 29.5 Å². The SMILES string of the molecule is CSCC[C@H](C(=O)[O-])N1C(=O)[C@H]2CCCC[C@@H]2C1=O. The van der Waals surface area contributed by atoms with E-state index >= 15 is 0 Å². The maximum Gasteiger partial charge on any atom is 0.233 e. The van der Waals surface area contributed by atoms with Gasteiger partial charge >= 0.3 is 0 Å². The van der Waals surface area contributed by atoms with Crippen molar-refractivity contribution in [3.63, 3.8) is 0 Å². The predicted molar refractivity (Wildman–Crippen MR) is 69.1 cm³/mol. The van der Waals surface area contributed by atoms with Crippen LogP contribution in [0.2, 0.25) is 0 Å². The minimum Gasteiger partial charge on any atom is -0.548 e. The van der Waals surface area contributed by atoms with Gasteiger partial charge in [-0.2, -0.15) is 11.8 Å². The number of carboxylic acids is 1. The quantitative estimate of drug-likeness (QED) is 0.666. The van der Waals surface area contributed by atoms with Gasteiger partial charge in [0, 0.05) is 0 Å². The zero-order valence-corrected chi connectivity index (χ0v) is 11.8. The monoisotopic (exact) mass is 284 g/mol. The summed E-state index contributed by atoms with van der Waals surface area (Å²) in [6.07, 6.45) is 5.41. The molecule has 0 unspecified atom stereocenters. The molecule has 0 N–H and O–H groups in total. The molecule has 106 valence electrons. The lowest BCUT2D eigenvalue weighted by Gasteiger charge is -2.27. The van der Waals surface area contributed by atoms with E-state index in [1.807, 2.05) is 6.26 Å². The van der Waals surface area contributed by atoms with Crippen LogP contribution in [0.15, 0.2) is 0 Å². The molecular weight excluding hydrogens is 266 g/mol. The van der Waals surface area contributed by atoms with E-state index in [4.69, 9.17) is 0 Å². The molecule has 0 radical (unpaired) electrons. The third kappa shape index (κ3) is 2.63. The molecule has 1 heterocycles. The molecule has 0 aromatic carbocycles. The highest BCUT2D eigenvalue weighted by atomic mass is 32.2. The Kier molecular flexibility index (Phi) is 4.50. The van der Waals surface area contributed by atoms with Gasteiger partial charge in [0.2, 0.25) is 11.8 Å². The third-order valence-electron chi connectivity index (χ3n) is 4.05. The van der Waals surface area contributed by atoms with Crippen molar-refractivity contribution in [3.05, 3.63) is 0 Å². The number of hydrogen-bond donors (Lipinski definition) is 0. The van der Waals surface area contributed by atoms with Gasteiger partial charge in [-0.1, -0.05) is 12.8 Å². The van der Waals surface area contributed by atoms with Gasteiger partial charge in [-0.25, -0.2) is 0 Å². The maximum atomic E-state index is 12.3. The Bertz CT molecular complexity index is 374. The summed E-state index contributed by atoms with van der Waals surface area (Å²) in [5, 5.41) is 11.2. The summed E-state index contributed by atoms with van der Waals surface area (Å²) in [7, 11) is 0. The number of carbonyl (C=O) groups is 3. The van der Waals surface area contributed by atoms with Crippen molar-refractivity contribution < 1.29 is 19.5 Å². The summed E-state index contributed by atoms with van der Waals surface area (Å²) in [5.41, 5.74) is 0. The number of imide groups is 1. The smallest absolute Gasteiger partial charge is 0.233 e. The molecule has 2 amide bonds. The van der Waals surface area contributed by atoms with Gasteiger partial charge < -0.3 is 9.90 Å². The van der Waals surface area contributed by atoms with E-state index in [2.05, 4.69) is 0 Å². The fraction of sp³-hybridized carbons (Fsp3) is 0.769. The number of likely N-dealkylation sites (tertiary alicyclic amines) is 1. The molecule has 0 aromatic heterocycles. The van der Waals surface area contributed by atoms with Crippen LogP contribution >= 0.6 is 11.8 Å². The zero-order valence-electron chi connectivity index (χ0n) is 11.0. The van der Waals surface area contributed by atoms with Gasteiger partial charge in [0.25, 0.3) is 0 Å². The minimum atomic E-state index is -1.32. The average molecular weight is 284 g/mol. The van der Waals surface area contributed by atoms with Crippen molar-refractivity contribution in [3.8, 4) is 0 Å². The highest BCUT2D eigenvalue weighted by Crippen LogP contribution is 2.39. The zero-order chi connectivity index (χ0) is 14.0. The minimum absolute atomic E-state index is 0.264. The number of amides is 2. The first-order valence-corrected chi connectivity index (χ1v) is 8.04. The van der Waals surface area contributed by atoms with Gasteiger partial charge in [0.1, 0.15) is 0 Å². The largest absolute Gasteiger partial charge is 0.548 e. The van der Waals surface area contributed by atoms with E-state index < -0.39 is 12.0 Å². The molecule has 1 saturated heterocycles. The first-order chi connectivity index (χ1) is 9.07. The second-order valence-corrected chi connectivity index (χ2v) is 6.15. The Balaban J connectivity index is 2.19. The van der Waals surface area contributed by atoms with Crippen LogP contribution < -0.4 is 5.11 Å². The van der Waals surface area contributed by atoms with E-state index in [1.54, 1.807) is 0 Å². The average Bonchev–Trinajstić information content (AvgIpc) is 2.64. The summed E-state index contributed by atoms with van der Waals surface area (Å²) in [5.74, 6) is -1.93. The molecular formula is C13H18NO4S-. The molecule has 2 fully saturated rings. The molecule has 2 aliphatic rings. The molecule has 5 nitrogen and oxygen atoms in total. The number of carbonyl (C=O) groups excluding carboxylic acids is 3. The fourth-order valence-electron chi connectivity index (χ4n) is 3.08. The van der Waals surface area contributed by atoms with E-state index in [0.29, 0.717) is 18.6 Å². The highest BCUT2D eigenvalue weighted by molar-refractivity contribution is 7.98. The van der Waals surface area contributed by atoms with E-state index in [-0.39, 0.29) is 30.1 Å². The Hall–Kier alpha value is -1.04. The molecule has 19 heavy (non-hydrogen) atoms. The van der Waals surface area contributed by atoms with Crippen LogP contribution in [-0.2, 0) is 14.4 Å². The summed E-state index contributed by atoms with van der Waals surface area (Å²) in [6.45, 7) is 0. The summed E-state index contributed by atoms with van der Waals surface area (Å²) < 4.78 is 0. The van der Waals surface area contributed by atoms with Crippen molar-refractivity contribution in [1.82, 2.24) is 4.90 Å². The number of aliphatic carboxylic acids is 1. The van der Waals surface area contributed by atoms with Crippen LogP contribution in [0.5, 0.6) is 0 Å². The molecule has 2 rings (SSSR count). The lowest BCUT2D eigenvalue weighted by molar-refractivity contribution is -0.311. The number of carboxylic acid groups (broad SMARTS) is 1. The molecule has 6 heteroatoms. The Morgan fingerprint density at radius 2 is 1.84 bits per heavy atom. The standard InChI is InChI=1S/C13H19NO4S/c1-19-7-6-10(13(17)18)14-11(15)8-4-2-3-5-9(8)12(14)16/h8-10H,2-7H2,1H3,(H,17,18)/p-1/t8-,9-,10+/m0/s1. The van der Waals surface area contributed by atoms with Gasteiger partial charge in [0.05, 0.1) is 23.8 Å². The predicted octanol–water partition coefficient (Wildman–Crippen LogP) is 0.0332. The fourth-order valence-corrected chi connectivity index (χ4v) is 3.54. The van der Waals surface area contributed by atoms with Crippen molar-refractivity contribution in [1.29, 1.82) is 0 Å². The number of hydrogen-bond acceptors (Lipinski definition) is 5. The second-order valence-electron chi connectivity index (χ2n) is 5.16. The summed E-state index contributed by atoms with van der Waals surface area (Å²) in [4.78, 5) is 36.7. The topological polar surface area (TPSA) is 77.5 Å². The molecule has 0 aromatic rings. The lowest BCUT2D eigenvalue weighted by atomic mass is 9.81. The molecule has 1 aliphatic heterocycles. The number of thioether (sulfide) groups is 1. The van der Waals surface area contributed by atoms with Crippen LogP contribution in [0.3, 0.4) is 0 Å². The second kappa shape index (κ2) is 5.94. The first kappa shape index (κ1) is 14.4. The Morgan fingerprint density at radius 3 is 2.26 bits per heavy atom. The van der Waals surface area contributed by atoms with E-state index in [0.717, 1.165) is 17.7 Å². The highest BCUT2D eigenvalue weighted by Gasteiger charge is 2.50. The van der Waals surface area contributed by atoms with Gasteiger partial charge in [-0.05, 0) is 31.3 Å². The number of nitrogens with zero attached hydrogens (tertiary/aromatic N) is 1. The van der Waals surface area contributed by atoms with Gasteiger partial charge in [-0.3, -0.25) is 14.5 Å². The molecule has 1 saturated carbocycles. The van der Waals surface area contributed by atoms with Gasteiger partial charge in [0.15, 0.2) is 0 Å². The molecule has 1 aliphatic carbocycles. The molecule has 0 spiro atoms. The Morgan fingerprint density at radius 1 is 1.32 bits per heavy atom. The third-order valence-corrected chi connectivity index (χ3v) is 4.70. The van der Waals surface area contributed by atoms with E-state index in [1.165, 1.54) is 11.8 Å². The maximum absolute atomic E-state index is 12.3. The van der Waals surface area contributed by atoms with Crippen LogP contribution in [0.25, 0.3) is 0 Å². The van der Waals surface area contributed by atoms with Crippen molar-refractivity contribution in [2.45, 2.75) is 38.1 Å². The normalized spacial score (nSPS) is 28.4. The number of rotatable bonds is 5. The van der Waals surface area contributed by atoms with Crippen LogP contribution in [0.1, 0.15) is 32.1 Å². The van der Waals surface area contributed by atoms with Crippen molar-refractivity contribution in [2.75, 3.05) is 12.0 Å². The van der Waals surface area contributed by atoms with E-state index in [9.17, 15) is 19.5 Å². The van der Waals surface area contributed by atoms with Crippen LogP contribution in [-0.4, -0.2) is 40.7 Å². The van der Waals surface area contributed by atoms with Crippen LogP contribution in [0, 0.1) is 11.8 Å². The summed E-state index contributed by atoms with van der Waals surface area (Å²) >= 11 is 1.49. The van der Waals surface area contributed by atoms with Crippen LogP contribution in [0.4, 0.5) is 0 Å². The first-order valence-electron chi connectivity index (χ1n) is 6.64. The molecule has 0 bridgehead atoms. The lowest BCUT2D eigenvalue weighted by Crippen LogP contribution is -2.51. The number of fused-ring (bicyclic) bond motifs is 1. The van der Waals surface area contributed by atoms with Crippen molar-refractivity contribution in [2.24, 2.45) is 11.8 Å². The van der Waals surface area contributed by atoms with Gasteiger partial charge in [-0.15, -0.1) is 0 Å². The summed E-state index contributed by atoms with van der Waals surface area (Å²) in [6, 6.07) is -1.10.